The van der Waals surface area contributed by atoms with Gasteiger partial charge in [0.15, 0.2) is 0 Å². The van der Waals surface area contributed by atoms with Crippen molar-refractivity contribution in [1.82, 2.24) is 4.90 Å². The second-order valence-electron chi connectivity index (χ2n) is 8.77. The van der Waals surface area contributed by atoms with Crippen molar-refractivity contribution in [3.8, 4) is 11.5 Å². The average Bonchev–Trinajstić information content (AvgIpc) is 3.11. The summed E-state index contributed by atoms with van der Waals surface area (Å²) in [6, 6.07) is 13.3. The molecule has 0 bridgehead atoms. The van der Waals surface area contributed by atoms with Crippen LogP contribution in [0.25, 0.3) is 5.76 Å². The predicted molar refractivity (Wildman–Crippen MR) is 135 cm³/mol. The lowest BCUT2D eigenvalue weighted by atomic mass is 9.95. The maximum Gasteiger partial charge on any atom is 0.295 e. The highest BCUT2D eigenvalue weighted by Crippen LogP contribution is 2.39. The van der Waals surface area contributed by atoms with Gasteiger partial charge in [0.2, 0.25) is 0 Å². The van der Waals surface area contributed by atoms with Gasteiger partial charge >= 0.3 is 0 Å². The van der Waals surface area contributed by atoms with Crippen molar-refractivity contribution in [3.05, 3.63) is 65.2 Å². The number of nitrogens with zero attached hydrogens (tertiary/aromatic N) is 1. The first-order chi connectivity index (χ1) is 16.9. The molecule has 1 heterocycles. The maximum absolute atomic E-state index is 13.1. The summed E-state index contributed by atoms with van der Waals surface area (Å²) in [6.07, 6.45) is 3.19. The summed E-state index contributed by atoms with van der Waals surface area (Å²) in [5.41, 5.74) is 1.20. The summed E-state index contributed by atoms with van der Waals surface area (Å²) in [7, 11) is 1.57. The number of carbonyl (C=O) groups is 2. The number of amides is 1. The zero-order valence-corrected chi connectivity index (χ0v) is 21.0. The molecular formula is C28H35NO6. The van der Waals surface area contributed by atoms with Crippen molar-refractivity contribution in [2.45, 2.75) is 52.2 Å². The van der Waals surface area contributed by atoms with E-state index < -0.39 is 17.7 Å². The lowest BCUT2D eigenvalue weighted by Gasteiger charge is -2.25. The minimum Gasteiger partial charge on any atom is -0.507 e. The highest BCUT2D eigenvalue weighted by molar-refractivity contribution is 6.46. The Hall–Kier alpha value is -3.32. The van der Waals surface area contributed by atoms with Gasteiger partial charge in [0.05, 0.1) is 38.0 Å². The third kappa shape index (κ3) is 6.42. The Morgan fingerprint density at radius 2 is 1.63 bits per heavy atom. The van der Waals surface area contributed by atoms with Crippen LogP contribution < -0.4 is 9.47 Å². The summed E-state index contributed by atoms with van der Waals surface area (Å²) < 4.78 is 16.6. The van der Waals surface area contributed by atoms with Crippen LogP contribution in [0, 0.1) is 0 Å². The lowest BCUT2D eigenvalue weighted by Crippen LogP contribution is -2.33. The number of likely N-dealkylation sites (tertiary alicyclic amines) is 1. The van der Waals surface area contributed by atoms with Crippen LogP contribution >= 0.6 is 0 Å². The fourth-order valence-corrected chi connectivity index (χ4v) is 4.04. The Bertz CT molecular complexity index is 1030. The molecule has 1 unspecified atom stereocenters. The zero-order valence-electron chi connectivity index (χ0n) is 21.0. The maximum atomic E-state index is 13.1. The quantitative estimate of drug-likeness (QED) is 0.196. The molecular weight excluding hydrogens is 446 g/mol. The monoisotopic (exact) mass is 481 g/mol. The molecule has 0 aliphatic carbocycles. The molecule has 7 heteroatoms. The number of ether oxygens (including phenoxy) is 3. The Morgan fingerprint density at radius 3 is 2.23 bits per heavy atom. The molecule has 1 aliphatic heterocycles. The van der Waals surface area contributed by atoms with Gasteiger partial charge in [0.1, 0.15) is 17.3 Å². The van der Waals surface area contributed by atoms with E-state index in [0.717, 1.165) is 19.3 Å². The van der Waals surface area contributed by atoms with Gasteiger partial charge in [0, 0.05) is 12.1 Å². The fraction of sp³-hybridized carbons (Fsp3) is 0.429. The summed E-state index contributed by atoms with van der Waals surface area (Å²) in [5, 5.41) is 11.2. The normalized spacial score (nSPS) is 17.3. The number of unbranched alkanes of at least 4 members (excludes halogenated alkanes) is 2. The Labute approximate surface area is 207 Å². The molecule has 0 saturated carbocycles. The Balaban J connectivity index is 1.94. The number of ketones is 1. The summed E-state index contributed by atoms with van der Waals surface area (Å²) in [5.74, 6) is -0.239. The molecule has 2 aromatic carbocycles. The molecule has 1 aliphatic rings. The van der Waals surface area contributed by atoms with Crippen molar-refractivity contribution in [2.24, 2.45) is 0 Å². The summed E-state index contributed by atoms with van der Waals surface area (Å²) in [6.45, 7) is 7.08. The fourth-order valence-electron chi connectivity index (χ4n) is 4.04. The third-order valence-corrected chi connectivity index (χ3v) is 5.90. The predicted octanol–water partition coefficient (Wildman–Crippen LogP) is 5.11. The van der Waals surface area contributed by atoms with E-state index in [1.807, 2.05) is 13.8 Å². The number of hydrogen-bond donors (Lipinski definition) is 1. The topological polar surface area (TPSA) is 85.3 Å². The van der Waals surface area contributed by atoms with Gasteiger partial charge in [-0.25, -0.2) is 0 Å². The zero-order chi connectivity index (χ0) is 25.4. The molecule has 1 saturated heterocycles. The van der Waals surface area contributed by atoms with Crippen molar-refractivity contribution < 1.29 is 28.9 Å². The molecule has 0 spiro atoms. The van der Waals surface area contributed by atoms with Gasteiger partial charge in [-0.2, -0.15) is 0 Å². The first-order valence-electron chi connectivity index (χ1n) is 12.1. The van der Waals surface area contributed by atoms with Crippen molar-refractivity contribution in [3.63, 3.8) is 0 Å². The van der Waals surface area contributed by atoms with Crippen LogP contribution in [0.3, 0.4) is 0 Å². The lowest BCUT2D eigenvalue weighted by molar-refractivity contribution is -0.140. The van der Waals surface area contributed by atoms with E-state index in [1.165, 1.54) is 4.90 Å². The van der Waals surface area contributed by atoms with E-state index in [-0.39, 0.29) is 30.6 Å². The number of methoxy groups -OCH3 is 1. The molecule has 2 aromatic rings. The molecule has 7 nitrogen and oxygen atoms in total. The highest BCUT2D eigenvalue weighted by Gasteiger charge is 2.45. The molecule has 1 fully saturated rings. The van der Waals surface area contributed by atoms with E-state index in [9.17, 15) is 14.7 Å². The average molecular weight is 482 g/mol. The van der Waals surface area contributed by atoms with Crippen LogP contribution in [0.4, 0.5) is 0 Å². The summed E-state index contributed by atoms with van der Waals surface area (Å²) in [4.78, 5) is 27.6. The van der Waals surface area contributed by atoms with Gasteiger partial charge in [-0.1, -0.05) is 31.9 Å². The molecule has 3 rings (SSSR count). The van der Waals surface area contributed by atoms with Crippen molar-refractivity contribution in [2.75, 3.05) is 26.9 Å². The highest BCUT2D eigenvalue weighted by atomic mass is 16.5. The molecule has 35 heavy (non-hydrogen) atoms. The second-order valence-corrected chi connectivity index (χ2v) is 8.77. The van der Waals surface area contributed by atoms with Gasteiger partial charge in [-0.05, 0) is 62.2 Å². The van der Waals surface area contributed by atoms with E-state index in [4.69, 9.17) is 14.2 Å². The number of benzene rings is 2. The first-order valence-corrected chi connectivity index (χ1v) is 12.1. The van der Waals surface area contributed by atoms with Gasteiger partial charge < -0.3 is 24.2 Å². The van der Waals surface area contributed by atoms with Gasteiger partial charge in [0.25, 0.3) is 11.7 Å². The summed E-state index contributed by atoms with van der Waals surface area (Å²) >= 11 is 0. The Morgan fingerprint density at radius 1 is 0.971 bits per heavy atom. The number of rotatable bonds is 12. The van der Waals surface area contributed by atoms with E-state index in [2.05, 4.69) is 6.92 Å². The standard InChI is InChI=1S/C28H35NO6/c1-5-6-7-17-35-23-14-10-21(11-15-23)26(30)24-25(20-8-12-22(33-4)13-9-20)29(28(32)27(24)31)16-18-34-19(2)3/h8-15,19,25,30H,5-7,16-18H2,1-4H3/b26-24-. The number of hydrogen-bond acceptors (Lipinski definition) is 6. The number of aliphatic hydroxyl groups is 1. The third-order valence-electron chi connectivity index (χ3n) is 5.90. The van der Waals surface area contributed by atoms with Crippen LogP contribution in [0.2, 0.25) is 0 Å². The smallest absolute Gasteiger partial charge is 0.295 e. The minimum absolute atomic E-state index is 0.00559. The molecule has 1 amide bonds. The number of aliphatic hydroxyl groups excluding tert-OH is 1. The largest absolute Gasteiger partial charge is 0.507 e. The van der Waals surface area contributed by atoms with Crippen LogP contribution in [0.1, 0.15) is 57.2 Å². The molecule has 0 aromatic heterocycles. The number of Topliss-reactive ketones (excluding diaryl/α,β-unsaturated/α-hetero) is 1. The van der Waals surface area contributed by atoms with Crippen LogP contribution in [0.15, 0.2) is 54.1 Å². The molecule has 188 valence electrons. The van der Waals surface area contributed by atoms with Crippen LogP contribution in [-0.2, 0) is 14.3 Å². The SMILES string of the molecule is CCCCCOc1ccc(/C(O)=C2/C(=O)C(=O)N(CCOC(C)C)C2c2ccc(OC)cc2)cc1. The van der Waals surface area contributed by atoms with E-state index >= 15 is 0 Å². The molecule has 1 N–H and O–H groups in total. The van der Waals surface area contributed by atoms with Crippen LogP contribution in [-0.4, -0.2) is 54.7 Å². The van der Waals surface area contributed by atoms with Crippen molar-refractivity contribution >= 4 is 17.4 Å². The Kier molecular flexibility index (Phi) is 9.32. The van der Waals surface area contributed by atoms with E-state index in [0.29, 0.717) is 29.2 Å². The van der Waals surface area contributed by atoms with Crippen LogP contribution in [0.5, 0.6) is 11.5 Å². The van der Waals surface area contributed by atoms with E-state index in [1.54, 1.807) is 55.6 Å². The molecule has 1 atom stereocenters. The van der Waals surface area contributed by atoms with Crippen molar-refractivity contribution in [1.29, 1.82) is 0 Å². The van der Waals surface area contributed by atoms with Gasteiger partial charge in [-0.15, -0.1) is 0 Å². The first kappa shape index (κ1) is 26.3. The van der Waals surface area contributed by atoms with Gasteiger partial charge in [-0.3, -0.25) is 9.59 Å². The molecule has 0 radical (unpaired) electrons. The second kappa shape index (κ2) is 12.4. The number of carbonyl (C=O) groups excluding carboxylic acids is 2. The minimum atomic E-state index is -0.735.